The standard InChI is InChI=1S/C18H23NO4/c1-13-6-8-14(9-7-13)15-11-16(20)19(17(21)12-15)10-4-2-3-5-18(22)23/h6-9,15H,2-5,10-12H2,1H3,(H,22,23). The van der Waals surface area contributed by atoms with E-state index in [2.05, 4.69) is 0 Å². The molecule has 23 heavy (non-hydrogen) atoms. The molecule has 1 heterocycles. The Hall–Kier alpha value is -2.17. The molecule has 1 N–H and O–H groups in total. The third kappa shape index (κ3) is 4.91. The van der Waals surface area contributed by atoms with Crippen molar-refractivity contribution >= 4 is 17.8 Å². The first-order valence-electron chi connectivity index (χ1n) is 8.09. The number of nitrogens with zero attached hydrogens (tertiary/aromatic N) is 1. The van der Waals surface area contributed by atoms with Crippen molar-refractivity contribution in [1.82, 2.24) is 4.90 Å². The highest BCUT2D eigenvalue weighted by molar-refractivity contribution is 5.98. The van der Waals surface area contributed by atoms with Gasteiger partial charge in [-0.3, -0.25) is 19.3 Å². The lowest BCUT2D eigenvalue weighted by molar-refractivity contribution is -0.149. The van der Waals surface area contributed by atoms with E-state index < -0.39 is 5.97 Å². The fourth-order valence-corrected chi connectivity index (χ4v) is 2.90. The fourth-order valence-electron chi connectivity index (χ4n) is 2.90. The number of aliphatic carboxylic acids is 1. The normalized spacial score (nSPS) is 16.0. The molecule has 0 atom stereocenters. The number of likely N-dealkylation sites (tertiary alicyclic amines) is 1. The largest absolute Gasteiger partial charge is 0.481 e. The Morgan fingerprint density at radius 3 is 2.26 bits per heavy atom. The van der Waals surface area contributed by atoms with E-state index in [1.165, 1.54) is 4.90 Å². The van der Waals surface area contributed by atoms with E-state index in [9.17, 15) is 14.4 Å². The third-order valence-corrected chi connectivity index (χ3v) is 4.27. The van der Waals surface area contributed by atoms with Crippen molar-refractivity contribution in [1.29, 1.82) is 0 Å². The smallest absolute Gasteiger partial charge is 0.303 e. The Morgan fingerprint density at radius 1 is 1.09 bits per heavy atom. The molecule has 1 aromatic carbocycles. The number of carboxylic acid groups (broad SMARTS) is 1. The zero-order chi connectivity index (χ0) is 16.8. The molecule has 2 rings (SSSR count). The first kappa shape index (κ1) is 17.2. The van der Waals surface area contributed by atoms with Crippen LogP contribution in [-0.4, -0.2) is 34.3 Å². The number of hydrogen-bond donors (Lipinski definition) is 1. The topological polar surface area (TPSA) is 74.7 Å². The van der Waals surface area contributed by atoms with E-state index in [0.717, 1.165) is 11.1 Å². The van der Waals surface area contributed by atoms with Crippen molar-refractivity contribution in [2.45, 2.75) is 51.4 Å². The van der Waals surface area contributed by atoms with Gasteiger partial charge >= 0.3 is 5.97 Å². The molecule has 0 radical (unpaired) electrons. The van der Waals surface area contributed by atoms with E-state index in [-0.39, 0.29) is 24.2 Å². The number of unbranched alkanes of at least 4 members (excludes halogenated alkanes) is 2. The van der Waals surface area contributed by atoms with Crippen LogP contribution >= 0.6 is 0 Å². The maximum Gasteiger partial charge on any atom is 0.303 e. The second-order valence-electron chi connectivity index (χ2n) is 6.16. The maximum atomic E-state index is 12.2. The van der Waals surface area contributed by atoms with Crippen molar-refractivity contribution in [3.05, 3.63) is 35.4 Å². The predicted molar refractivity (Wildman–Crippen MR) is 86.0 cm³/mol. The summed E-state index contributed by atoms with van der Waals surface area (Å²) in [5, 5.41) is 8.58. The minimum absolute atomic E-state index is 0.0288. The third-order valence-electron chi connectivity index (χ3n) is 4.27. The molecular weight excluding hydrogens is 294 g/mol. The molecule has 1 saturated heterocycles. The summed E-state index contributed by atoms with van der Waals surface area (Å²) in [6.07, 6.45) is 2.83. The predicted octanol–water partition coefficient (Wildman–Crippen LogP) is 2.87. The van der Waals surface area contributed by atoms with Gasteiger partial charge in [-0.2, -0.15) is 0 Å². The Balaban J connectivity index is 1.85. The molecule has 1 aliphatic rings. The molecule has 0 saturated carbocycles. The van der Waals surface area contributed by atoms with Crippen molar-refractivity contribution in [2.24, 2.45) is 0 Å². The number of amides is 2. The van der Waals surface area contributed by atoms with Crippen LogP contribution in [0.5, 0.6) is 0 Å². The lowest BCUT2D eigenvalue weighted by atomic mass is 9.88. The van der Waals surface area contributed by atoms with Gasteiger partial charge in [-0.25, -0.2) is 0 Å². The summed E-state index contributed by atoms with van der Waals surface area (Å²) in [4.78, 5) is 36.3. The number of benzene rings is 1. The van der Waals surface area contributed by atoms with Gasteiger partial charge in [0.05, 0.1) is 0 Å². The van der Waals surface area contributed by atoms with Crippen molar-refractivity contribution < 1.29 is 19.5 Å². The molecule has 5 nitrogen and oxygen atoms in total. The van der Waals surface area contributed by atoms with Crippen molar-refractivity contribution in [3.8, 4) is 0 Å². The van der Waals surface area contributed by atoms with Gasteiger partial charge in [0.25, 0.3) is 0 Å². The summed E-state index contributed by atoms with van der Waals surface area (Å²) in [7, 11) is 0. The number of carbonyl (C=O) groups is 3. The second-order valence-corrected chi connectivity index (χ2v) is 6.16. The molecule has 1 aliphatic heterocycles. The number of hydrogen-bond acceptors (Lipinski definition) is 3. The Labute approximate surface area is 136 Å². The zero-order valence-electron chi connectivity index (χ0n) is 13.5. The lowest BCUT2D eigenvalue weighted by Crippen LogP contribution is -2.43. The zero-order valence-corrected chi connectivity index (χ0v) is 13.5. The van der Waals surface area contributed by atoms with E-state index in [0.29, 0.717) is 38.6 Å². The fraction of sp³-hybridized carbons (Fsp3) is 0.500. The van der Waals surface area contributed by atoms with Crippen LogP contribution in [0.4, 0.5) is 0 Å². The second kappa shape index (κ2) is 7.90. The summed E-state index contributed by atoms with van der Waals surface area (Å²) < 4.78 is 0. The van der Waals surface area contributed by atoms with Crippen LogP contribution in [0, 0.1) is 6.92 Å². The monoisotopic (exact) mass is 317 g/mol. The van der Waals surface area contributed by atoms with E-state index >= 15 is 0 Å². The highest BCUT2D eigenvalue weighted by atomic mass is 16.4. The molecule has 0 aromatic heterocycles. The molecule has 0 aliphatic carbocycles. The van der Waals surface area contributed by atoms with Crippen LogP contribution in [0.15, 0.2) is 24.3 Å². The van der Waals surface area contributed by atoms with Gasteiger partial charge in [-0.15, -0.1) is 0 Å². The number of piperidine rings is 1. The van der Waals surface area contributed by atoms with Crippen LogP contribution in [0.2, 0.25) is 0 Å². The lowest BCUT2D eigenvalue weighted by Gasteiger charge is -2.30. The minimum atomic E-state index is -0.809. The quantitative estimate of drug-likeness (QED) is 0.620. The first-order chi connectivity index (χ1) is 11.0. The Bertz CT molecular complexity index is 561. The molecule has 0 unspecified atom stereocenters. The molecule has 1 aromatic rings. The van der Waals surface area contributed by atoms with Crippen LogP contribution in [0.25, 0.3) is 0 Å². The van der Waals surface area contributed by atoms with Gasteiger partial charge < -0.3 is 5.11 Å². The van der Waals surface area contributed by atoms with Gasteiger partial charge in [0, 0.05) is 31.7 Å². The van der Waals surface area contributed by atoms with Gasteiger partial charge in [0.1, 0.15) is 0 Å². The molecule has 0 spiro atoms. The minimum Gasteiger partial charge on any atom is -0.481 e. The number of imide groups is 1. The SMILES string of the molecule is Cc1ccc(C2CC(=O)N(CCCCCC(=O)O)C(=O)C2)cc1. The Kier molecular flexibility index (Phi) is 5.90. The van der Waals surface area contributed by atoms with Crippen LogP contribution < -0.4 is 0 Å². The number of carboxylic acids is 1. The summed E-state index contributed by atoms with van der Waals surface area (Å²) in [5.41, 5.74) is 2.20. The van der Waals surface area contributed by atoms with Crippen LogP contribution in [-0.2, 0) is 14.4 Å². The number of carbonyl (C=O) groups excluding carboxylic acids is 2. The van der Waals surface area contributed by atoms with E-state index in [4.69, 9.17) is 5.11 Å². The van der Waals surface area contributed by atoms with Gasteiger partial charge in [-0.05, 0) is 25.3 Å². The first-order valence-corrected chi connectivity index (χ1v) is 8.09. The van der Waals surface area contributed by atoms with Gasteiger partial charge in [0.2, 0.25) is 11.8 Å². The molecule has 0 bridgehead atoms. The van der Waals surface area contributed by atoms with Crippen LogP contribution in [0.3, 0.4) is 0 Å². The summed E-state index contributed by atoms with van der Waals surface area (Å²) in [6, 6.07) is 7.97. The highest BCUT2D eigenvalue weighted by Crippen LogP contribution is 2.29. The van der Waals surface area contributed by atoms with Crippen molar-refractivity contribution in [3.63, 3.8) is 0 Å². The summed E-state index contributed by atoms with van der Waals surface area (Å²) >= 11 is 0. The highest BCUT2D eigenvalue weighted by Gasteiger charge is 2.32. The van der Waals surface area contributed by atoms with Gasteiger partial charge in [-0.1, -0.05) is 36.2 Å². The van der Waals surface area contributed by atoms with E-state index in [1.807, 2.05) is 31.2 Å². The molecule has 2 amide bonds. The number of aryl methyl sites for hydroxylation is 1. The average molecular weight is 317 g/mol. The number of rotatable bonds is 7. The molecule has 124 valence electrons. The van der Waals surface area contributed by atoms with Gasteiger partial charge in [0.15, 0.2) is 0 Å². The van der Waals surface area contributed by atoms with Crippen molar-refractivity contribution in [2.75, 3.05) is 6.54 Å². The molecule has 1 fully saturated rings. The molecule has 5 heteroatoms. The summed E-state index contributed by atoms with van der Waals surface area (Å²) in [5.74, 6) is -1.08. The molecular formula is C18H23NO4. The average Bonchev–Trinajstić information content (AvgIpc) is 2.49. The van der Waals surface area contributed by atoms with Crippen LogP contribution in [0.1, 0.15) is 55.6 Å². The summed E-state index contributed by atoms with van der Waals surface area (Å²) in [6.45, 7) is 2.41. The Morgan fingerprint density at radius 2 is 1.70 bits per heavy atom. The maximum absolute atomic E-state index is 12.2. The van der Waals surface area contributed by atoms with E-state index in [1.54, 1.807) is 0 Å².